The first kappa shape index (κ1) is 22.0. The second-order valence-electron chi connectivity index (χ2n) is 7.40. The van der Waals surface area contributed by atoms with E-state index in [0.29, 0.717) is 10.2 Å². The number of anilines is 1. The largest absolute Gasteiger partial charge is 0.350 e. The van der Waals surface area contributed by atoms with Crippen LogP contribution in [0, 0.1) is 0 Å². The average molecular weight is 448 g/mol. The van der Waals surface area contributed by atoms with Crippen LogP contribution in [0.15, 0.2) is 52.2 Å². The molecule has 1 heterocycles. The minimum absolute atomic E-state index is 0.0252. The first-order valence-electron chi connectivity index (χ1n) is 9.71. The molecule has 0 radical (unpaired) electrons. The zero-order valence-electron chi connectivity index (χ0n) is 17.3. The van der Waals surface area contributed by atoms with Gasteiger partial charge in [0, 0.05) is 12.1 Å². The summed E-state index contributed by atoms with van der Waals surface area (Å²) >= 11 is 1.01. The standard InChI is InChI=1S/C21H25N3O4S2/c1-5-14(4)22-20(25)16-8-6-7-9-17(16)23-30(27,28)15-10-11-18-19(12-15)29-21(26)24(18)13(2)3/h6-14,23H,5H2,1-4H3,(H,22,25). The van der Waals surface area contributed by atoms with E-state index in [-0.39, 0.29) is 39.0 Å². The number of nitrogens with one attached hydrogen (secondary N) is 2. The highest BCUT2D eigenvalue weighted by molar-refractivity contribution is 7.92. The fourth-order valence-electron chi connectivity index (χ4n) is 3.05. The van der Waals surface area contributed by atoms with Crippen molar-refractivity contribution in [1.29, 1.82) is 0 Å². The van der Waals surface area contributed by atoms with Gasteiger partial charge in [0.2, 0.25) is 0 Å². The molecule has 0 bridgehead atoms. The molecule has 1 amide bonds. The lowest BCUT2D eigenvalue weighted by atomic mass is 10.1. The molecule has 160 valence electrons. The molecule has 30 heavy (non-hydrogen) atoms. The molecule has 7 nitrogen and oxygen atoms in total. The molecule has 0 saturated carbocycles. The Morgan fingerprint density at radius 3 is 2.50 bits per heavy atom. The Balaban J connectivity index is 1.96. The van der Waals surface area contributed by atoms with Crippen LogP contribution in [0.25, 0.3) is 10.2 Å². The van der Waals surface area contributed by atoms with Crippen LogP contribution in [0.5, 0.6) is 0 Å². The number of benzene rings is 2. The summed E-state index contributed by atoms with van der Waals surface area (Å²) in [7, 11) is -3.95. The van der Waals surface area contributed by atoms with Crippen molar-refractivity contribution in [3.8, 4) is 0 Å². The van der Waals surface area contributed by atoms with Gasteiger partial charge in [0.05, 0.1) is 26.4 Å². The third kappa shape index (κ3) is 4.41. The molecular formula is C21H25N3O4S2. The van der Waals surface area contributed by atoms with Crippen molar-refractivity contribution in [1.82, 2.24) is 9.88 Å². The highest BCUT2D eigenvalue weighted by Gasteiger charge is 2.21. The molecule has 3 aromatic rings. The topological polar surface area (TPSA) is 97.3 Å². The number of thiazole rings is 1. The van der Waals surface area contributed by atoms with E-state index in [1.54, 1.807) is 34.9 Å². The first-order valence-corrected chi connectivity index (χ1v) is 12.0. The van der Waals surface area contributed by atoms with Crippen molar-refractivity contribution < 1.29 is 13.2 Å². The van der Waals surface area contributed by atoms with Gasteiger partial charge in [0.25, 0.3) is 15.9 Å². The van der Waals surface area contributed by atoms with Crippen molar-refractivity contribution >= 4 is 43.2 Å². The lowest BCUT2D eigenvalue weighted by molar-refractivity contribution is 0.0940. The number of amides is 1. The van der Waals surface area contributed by atoms with E-state index in [9.17, 15) is 18.0 Å². The van der Waals surface area contributed by atoms with Gasteiger partial charge in [-0.25, -0.2) is 8.42 Å². The third-order valence-corrected chi connectivity index (χ3v) is 7.10. The first-order chi connectivity index (χ1) is 14.1. The van der Waals surface area contributed by atoms with Gasteiger partial charge < -0.3 is 5.32 Å². The normalized spacial score (nSPS) is 12.8. The molecule has 9 heteroatoms. The number of hydrogen-bond acceptors (Lipinski definition) is 5. The minimum Gasteiger partial charge on any atom is -0.350 e. The Morgan fingerprint density at radius 2 is 1.83 bits per heavy atom. The second-order valence-corrected chi connectivity index (χ2v) is 10.1. The lowest BCUT2D eigenvalue weighted by Gasteiger charge is -2.15. The Kier molecular flexibility index (Phi) is 6.33. The summed E-state index contributed by atoms with van der Waals surface area (Å²) in [6.07, 6.45) is 0.762. The zero-order valence-corrected chi connectivity index (χ0v) is 18.9. The van der Waals surface area contributed by atoms with E-state index in [2.05, 4.69) is 10.0 Å². The van der Waals surface area contributed by atoms with Gasteiger partial charge in [-0.2, -0.15) is 0 Å². The van der Waals surface area contributed by atoms with Crippen molar-refractivity contribution in [2.24, 2.45) is 0 Å². The van der Waals surface area contributed by atoms with Gasteiger partial charge in [0.1, 0.15) is 0 Å². The van der Waals surface area contributed by atoms with Crippen molar-refractivity contribution in [3.05, 3.63) is 57.7 Å². The fourth-order valence-corrected chi connectivity index (χ4v) is 5.28. The predicted molar refractivity (Wildman–Crippen MR) is 121 cm³/mol. The summed E-state index contributed by atoms with van der Waals surface area (Å²) in [5.74, 6) is -0.342. The molecule has 0 aliphatic rings. The zero-order chi connectivity index (χ0) is 22.1. The summed E-state index contributed by atoms with van der Waals surface area (Å²) in [4.78, 5) is 24.7. The maximum absolute atomic E-state index is 13.0. The predicted octanol–water partition coefficient (Wildman–Crippen LogP) is 3.97. The average Bonchev–Trinajstić information content (AvgIpc) is 3.02. The molecular weight excluding hydrogens is 422 g/mol. The van der Waals surface area contributed by atoms with Crippen LogP contribution in [0.4, 0.5) is 5.69 Å². The Hall–Kier alpha value is -2.65. The van der Waals surface area contributed by atoms with Crippen LogP contribution < -0.4 is 14.9 Å². The van der Waals surface area contributed by atoms with Crippen LogP contribution >= 0.6 is 11.3 Å². The summed E-state index contributed by atoms with van der Waals surface area (Å²) in [5, 5.41) is 2.85. The van der Waals surface area contributed by atoms with E-state index in [1.807, 2.05) is 27.7 Å². The van der Waals surface area contributed by atoms with Gasteiger partial charge in [-0.1, -0.05) is 30.4 Å². The SMILES string of the molecule is CCC(C)NC(=O)c1ccccc1NS(=O)(=O)c1ccc2c(c1)sc(=O)n2C(C)C. The van der Waals surface area contributed by atoms with Crippen molar-refractivity contribution in [2.45, 2.75) is 51.1 Å². The Bertz CT molecular complexity index is 1240. The fraction of sp³-hybridized carbons (Fsp3) is 0.333. The number of carbonyl (C=O) groups is 1. The quantitative estimate of drug-likeness (QED) is 0.573. The van der Waals surface area contributed by atoms with E-state index in [0.717, 1.165) is 17.8 Å². The van der Waals surface area contributed by atoms with Crippen LogP contribution in [0.1, 0.15) is 50.5 Å². The second kappa shape index (κ2) is 8.61. The number of rotatable bonds is 7. The molecule has 0 saturated heterocycles. The molecule has 3 rings (SSSR count). The van der Waals surface area contributed by atoms with E-state index < -0.39 is 10.0 Å². The smallest absolute Gasteiger partial charge is 0.308 e. The minimum atomic E-state index is -3.95. The van der Waals surface area contributed by atoms with Gasteiger partial charge in [-0.15, -0.1) is 0 Å². The summed E-state index contributed by atoms with van der Waals surface area (Å²) in [6, 6.07) is 11.0. The number of hydrogen-bond donors (Lipinski definition) is 2. The van der Waals surface area contributed by atoms with Gasteiger partial charge in [0.15, 0.2) is 0 Å². The maximum atomic E-state index is 13.0. The lowest BCUT2D eigenvalue weighted by Crippen LogP contribution is -2.32. The van der Waals surface area contributed by atoms with Gasteiger partial charge in [-0.05, 0) is 57.5 Å². The van der Waals surface area contributed by atoms with Crippen LogP contribution in [-0.2, 0) is 10.0 Å². The van der Waals surface area contributed by atoms with E-state index >= 15 is 0 Å². The van der Waals surface area contributed by atoms with Gasteiger partial charge >= 0.3 is 4.87 Å². The third-order valence-electron chi connectivity index (χ3n) is 4.82. The van der Waals surface area contributed by atoms with Crippen LogP contribution in [0.2, 0.25) is 0 Å². The molecule has 0 aliphatic carbocycles. The molecule has 1 atom stereocenters. The van der Waals surface area contributed by atoms with Crippen molar-refractivity contribution in [2.75, 3.05) is 4.72 Å². The highest BCUT2D eigenvalue weighted by Crippen LogP contribution is 2.26. The molecule has 0 aliphatic heterocycles. The summed E-state index contributed by atoms with van der Waals surface area (Å²) < 4.78 is 30.8. The number of carbonyl (C=O) groups excluding carboxylic acids is 1. The molecule has 1 aromatic heterocycles. The van der Waals surface area contributed by atoms with E-state index in [1.165, 1.54) is 12.1 Å². The number of sulfonamides is 1. The molecule has 0 fully saturated rings. The van der Waals surface area contributed by atoms with Crippen molar-refractivity contribution in [3.63, 3.8) is 0 Å². The Labute approximate surface area is 179 Å². The number of para-hydroxylation sites is 1. The maximum Gasteiger partial charge on any atom is 0.308 e. The summed E-state index contributed by atoms with van der Waals surface area (Å²) in [6.45, 7) is 7.65. The van der Waals surface area contributed by atoms with Crippen LogP contribution in [-0.4, -0.2) is 24.9 Å². The Morgan fingerprint density at radius 1 is 1.13 bits per heavy atom. The van der Waals surface area contributed by atoms with Gasteiger partial charge in [-0.3, -0.25) is 18.9 Å². The number of fused-ring (bicyclic) bond motifs is 1. The number of nitrogens with zero attached hydrogens (tertiary/aromatic N) is 1. The molecule has 0 spiro atoms. The molecule has 2 aromatic carbocycles. The molecule has 1 unspecified atom stereocenters. The monoisotopic (exact) mass is 447 g/mol. The van der Waals surface area contributed by atoms with Crippen LogP contribution in [0.3, 0.4) is 0 Å². The summed E-state index contributed by atoms with van der Waals surface area (Å²) in [5.41, 5.74) is 1.15. The van der Waals surface area contributed by atoms with E-state index in [4.69, 9.17) is 0 Å². The number of aromatic nitrogens is 1. The molecule has 2 N–H and O–H groups in total. The highest BCUT2D eigenvalue weighted by atomic mass is 32.2.